The van der Waals surface area contributed by atoms with Crippen molar-refractivity contribution in [3.63, 3.8) is 0 Å². The molecule has 5 N–H and O–H groups in total. The molecule has 1 aliphatic rings. The second-order valence-corrected chi connectivity index (χ2v) is 16.0. The smallest absolute Gasteiger partial charge is 0.330 e. The lowest BCUT2D eigenvalue weighted by atomic mass is 10.0. The molecule has 1 saturated heterocycles. The topological polar surface area (TPSA) is 201 Å². The molecule has 0 bridgehead atoms. The molecule has 56 heavy (non-hydrogen) atoms. The summed E-state index contributed by atoms with van der Waals surface area (Å²) in [4.78, 5) is 14.7. The molecule has 2 aromatic heterocycles. The zero-order valence-electron chi connectivity index (χ0n) is 33.4. The monoisotopic (exact) mass is 800 g/mol. The fourth-order valence-electron chi connectivity index (χ4n) is 6.54. The quantitative estimate of drug-likeness (QED) is 0.0361. The van der Waals surface area contributed by atoms with E-state index in [-0.39, 0.29) is 31.5 Å². The number of ether oxygens (including phenoxy) is 2. The molecule has 4 atom stereocenters. The highest BCUT2D eigenvalue weighted by molar-refractivity contribution is 7.40. The van der Waals surface area contributed by atoms with Gasteiger partial charge in [0.25, 0.3) is 0 Å². The maximum atomic E-state index is 14.0. The summed E-state index contributed by atoms with van der Waals surface area (Å²) >= 11 is 0. The van der Waals surface area contributed by atoms with Crippen molar-refractivity contribution in [2.45, 2.75) is 160 Å². The average molecular weight is 801 g/mol. The Labute approximate surface area is 332 Å². The average Bonchev–Trinajstić information content (AvgIpc) is 3.80. The van der Waals surface area contributed by atoms with Gasteiger partial charge in [0.05, 0.1) is 43.3 Å². The molecular weight excluding hydrogens is 738 g/mol. The van der Waals surface area contributed by atoms with Gasteiger partial charge in [0, 0.05) is 0 Å². The molecule has 0 saturated carbocycles. The summed E-state index contributed by atoms with van der Waals surface area (Å²) in [7, 11) is -2.33. The van der Waals surface area contributed by atoms with Crippen LogP contribution in [0, 0.1) is 28.5 Å². The second kappa shape index (κ2) is 25.1. The number of rotatable bonds is 25. The van der Waals surface area contributed by atoms with Crippen LogP contribution in [0.4, 0.5) is 10.2 Å². The molecule has 15 heteroatoms. The second-order valence-electron chi connectivity index (χ2n) is 15.0. The van der Waals surface area contributed by atoms with Crippen LogP contribution in [0.25, 0.3) is 5.52 Å². The van der Waals surface area contributed by atoms with E-state index in [1.807, 2.05) is 18.2 Å². The predicted molar refractivity (Wildman–Crippen MR) is 213 cm³/mol. The Morgan fingerprint density at radius 3 is 2.23 bits per heavy atom. The Hall–Kier alpha value is -3.30. The lowest BCUT2D eigenvalue weighted by Crippen LogP contribution is -2.31. The van der Waals surface area contributed by atoms with E-state index in [1.54, 1.807) is 10.6 Å². The zero-order valence-corrected chi connectivity index (χ0v) is 34.3. The van der Waals surface area contributed by atoms with Crippen LogP contribution < -0.4 is 5.73 Å². The number of nitriles is 2. The van der Waals surface area contributed by atoms with Crippen LogP contribution in [0.1, 0.15) is 153 Å². The zero-order chi connectivity index (χ0) is 40.8. The number of benzene rings is 1. The van der Waals surface area contributed by atoms with E-state index in [9.17, 15) is 19.8 Å². The van der Waals surface area contributed by atoms with Crippen LogP contribution in [0.2, 0.25) is 0 Å². The fraction of sp³-hybridized carbons (Fsp3) is 0.659. The molecule has 13 nitrogen and oxygen atoms in total. The normalized spacial score (nSPS) is 17.9. The number of nitrogens with zero attached hydrogens (tertiary/aromatic N) is 5. The maximum Gasteiger partial charge on any atom is 0.330 e. The van der Waals surface area contributed by atoms with Gasteiger partial charge < -0.3 is 39.4 Å². The van der Waals surface area contributed by atoms with E-state index in [0.717, 1.165) is 25.0 Å². The number of nitrogens with two attached hydrogens (primary N) is 1. The summed E-state index contributed by atoms with van der Waals surface area (Å²) in [6.07, 6.45) is 19.9. The fourth-order valence-corrected chi connectivity index (χ4v) is 7.22. The van der Waals surface area contributed by atoms with Gasteiger partial charge in [0.2, 0.25) is 0 Å². The number of fused-ring (bicyclic) bond motifs is 1. The highest BCUT2D eigenvalue weighted by Crippen LogP contribution is 2.43. The van der Waals surface area contributed by atoms with Gasteiger partial charge in [0.15, 0.2) is 17.2 Å². The number of anilines is 1. The summed E-state index contributed by atoms with van der Waals surface area (Å²) in [6.45, 7) is 4.83. The van der Waals surface area contributed by atoms with Gasteiger partial charge in [-0.1, -0.05) is 96.8 Å². The highest BCUT2D eigenvalue weighted by Gasteiger charge is 2.43. The van der Waals surface area contributed by atoms with E-state index < -0.39 is 31.9 Å². The minimum Gasteiger partial charge on any atom is -0.382 e. The lowest BCUT2D eigenvalue weighted by Gasteiger charge is -2.24. The van der Waals surface area contributed by atoms with E-state index in [4.69, 9.17) is 34.5 Å². The molecule has 3 aromatic rings. The summed E-state index contributed by atoms with van der Waals surface area (Å²) in [5, 5.41) is 39.7. The maximum absolute atomic E-state index is 14.0. The first kappa shape index (κ1) is 47.1. The predicted octanol–water partition coefficient (Wildman–Crippen LogP) is 8.85. The minimum atomic E-state index is -2.33. The van der Waals surface area contributed by atoms with Crippen molar-refractivity contribution in [2.75, 3.05) is 18.9 Å². The van der Waals surface area contributed by atoms with Crippen LogP contribution in [0.15, 0.2) is 36.7 Å². The summed E-state index contributed by atoms with van der Waals surface area (Å²) in [5.41, 5.74) is 6.89. The van der Waals surface area contributed by atoms with Gasteiger partial charge in [-0.3, -0.25) is 0 Å². The van der Waals surface area contributed by atoms with Crippen LogP contribution in [-0.2, 0) is 25.1 Å². The molecule has 0 spiro atoms. The van der Waals surface area contributed by atoms with Gasteiger partial charge in [-0.25, -0.2) is 13.9 Å². The van der Waals surface area contributed by atoms with Crippen molar-refractivity contribution in [2.24, 2.45) is 0 Å². The standard InChI is InChI=1S/C38H54FN6O5P.C3H8O2/c1-2-3-4-5-6-7-8-9-10-11-12-13-14-15-16-33(47-25-31-21-30(24-40)22-32(39)23-31)26-48-51(46)49-28-38(27-41)20-19-36(50-38)34-17-18-35-37(42)43-29-44-45(34)35;1-3(2,4)5/h17-18,21-23,29,33,36,46H,2-16,19-20,25-26,28H2,1H3,(H2,42,43,44);4-5H,1-2H3. The molecule has 4 unspecified atom stereocenters. The number of hydrogen-bond donors (Lipinski definition) is 4. The largest absolute Gasteiger partial charge is 0.382 e. The molecule has 1 fully saturated rings. The molecule has 0 amide bonds. The molecule has 4 rings (SSSR count). The number of aliphatic hydroxyl groups is 2. The van der Waals surface area contributed by atoms with E-state index in [1.165, 1.54) is 103 Å². The Morgan fingerprint density at radius 2 is 1.62 bits per heavy atom. The van der Waals surface area contributed by atoms with Crippen LogP contribution in [-0.4, -0.2) is 60.4 Å². The molecule has 310 valence electrons. The third-order valence-electron chi connectivity index (χ3n) is 9.45. The van der Waals surface area contributed by atoms with Gasteiger partial charge in [0.1, 0.15) is 29.8 Å². The Kier molecular flexibility index (Phi) is 21.1. The van der Waals surface area contributed by atoms with Crippen molar-refractivity contribution in [1.29, 1.82) is 10.5 Å². The van der Waals surface area contributed by atoms with Crippen molar-refractivity contribution in [3.8, 4) is 12.1 Å². The Balaban J connectivity index is 0.00000158. The number of aromatic nitrogens is 3. The number of unbranched alkanes of at least 4 members (excludes halogenated alkanes) is 13. The van der Waals surface area contributed by atoms with E-state index in [0.29, 0.717) is 36.2 Å². The first-order valence-corrected chi connectivity index (χ1v) is 21.2. The van der Waals surface area contributed by atoms with Crippen LogP contribution >= 0.6 is 8.60 Å². The first-order valence-electron chi connectivity index (χ1n) is 20.0. The van der Waals surface area contributed by atoms with Gasteiger partial charge in [-0.05, 0) is 69.0 Å². The Morgan fingerprint density at radius 1 is 1.00 bits per heavy atom. The molecule has 0 radical (unpaired) electrons. The molecular formula is C41H62FN6O7P. The summed E-state index contributed by atoms with van der Waals surface area (Å²) in [5.74, 6) is -1.65. The van der Waals surface area contributed by atoms with Crippen LogP contribution in [0.3, 0.4) is 0 Å². The molecule has 3 heterocycles. The van der Waals surface area contributed by atoms with Crippen molar-refractivity contribution in [1.82, 2.24) is 14.6 Å². The number of nitrogen functional groups attached to an aromatic ring is 1. The van der Waals surface area contributed by atoms with Gasteiger partial charge >= 0.3 is 8.60 Å². The number of hydrogen-bond acceptors (Lipinski definition) is 12. The van der Waals surface area contributed by atoms with Gasteiger partial charge in [-0.15, -0.1) is 0 Å². The highest BCUT2D eigenvalue weighted by atomic mass is 31.2. The Bertz CT molecular complexity index is 1660. The van der Waals surface area contributed by atoms with Crippen LogP contribution in [0.5, 0.6) is 0 Å². The number of halogens is 1. The molecule has 1 aromatic carbocycles. The SMILES string of the molecule is CC(C)(O)O.CCCCCCCCCCCCCCCCC(COP(O)OCC1(C#N)CCC(c2ccc3c(N)ncnn23)O1)OCc1cc(F)cc(C#N)c1. The van der Waals surface area contributed by atoms with E-state index >= 15 is 0 Å². The van der Waals surface area contributed by atoms with Crippen molar-refractivity contribution >= 4 is 19.9 Å². The van der Waals surface area contributed by atoms with E-state index in [2.05, 4.69) is 23.1 Å². The first-order chi connectivity index (χ1) is 26.9. The molecule has 1 aliphatic heterocycles. The summed E-state index contributed by atoms with van der Waals surface area (Å²) in [6, 6.07) is 12.0. The van der Waals surface area contributed by atoms with Crippen molar-refractivity contribution in [3.05, 3.63) is 59.3 Å². The van der Waals surface area contributed by atoms with Crippen molar-refractivity contribution < 1.29 is 38.0 Å². The minimum absolute atomic E-state index is 0.0569. The van der Waals surface area contributed by atoms with Gasteiger partial charge in [-0.2, -0.15) is 15.6 Å². The third kappa shape index (κ3) is 17.9. The lowest BCUT2D eigenvalue weighted by molar-refractivity contribution is -0.127. The third-order valence-corrected chi connectivity index (χ3v) is 10.2. The molecule has 0 aliphatic carbocycles. The summed E-state index contributed by atoms with van der Waals surface area (Å²) < 4.78 is 39.3.